The fraction of sp³-hybridized carbons (Fsp3) is 0.389. The van der Waals surface area contributed by atoms with Gasteiger partial charge in [-0.05, 0) is 18.2 Å². The normalized spacial score (nSPS) is 15.7. The van der Waals surface area contributed by atoms with Crippen molar-refractivity contribution in [3.63, 3.8) is 0 Å². The fourth-order valence-corrected chi connectivity index (χ4v) is 3.35. The molecule has 27 heavy (non-hydrogen) atoms. The molecular formula is C18H19F2N5O2. The van der Waals surface area contributed by atoms with E-state index in [1.165, 1.54) is 6.33 Å². The molecule has 0 unspecified atom stereocenters. The number of aromatic nitrogens is 3. The molecule has 2 aromatic heterocycles. The van der Waals surface area contributed by atoms with Gasteiger partial charge >= 0.3 is 0 Å². The Morgan fingerprint density at radius 2 is 2.00 bits per heavy atom. The molecule has 0 bridgehead atoms. The van der Waals surface area contributed by atoms with Crippen LogP contribution in [0, 0.1) is 0 Å². The molecule has 3 aromatic rings. The van der Waals surface area contributed by atoms with Crippen molar-refractivity contribution >= 4 is 16.6 Å². The van der Waals surface area contributed by atoms with Crippen molar-refractivity contribution in [3.05, 3.63) is 52.9 Å². The third-order valence-corrected chi connectivity index (χ3v) is 4.77. The average Bonchev–Trinajstić information content (AvgIpc) is 3.17. The van der Waals surface area contributed by atoms with E-state index >= 15 is 0 Å². The Labute approximate surface area is 153 Å². The minimum Gasteiger partial charge on any atom is -0.369 e. The highest BCUT2D eigenvalue weighted by molar-refractivity contribution is 5.81. The number of rotatable bonds is 5. The van der Waals surface area contributed by atoms with Crippen molar-refractivity contribution in [1.29, 1.82) is 0 Å². The van der Waals surface area contributed by atoms with E-state index < -0.39 is 18.5 Å². The zero-order valence-electron chi connectivity index (χ0n) is 14.6. The van der Waals surface area contributed by atoms with Gasteiger partial charge in [0.15, 0.2) is 0 Å². The van der Waals surface area contributed by atoms with E-state index in [9.17, 15) is 13.6 Å². The molecule has 1 aliphatic rings. The third-order valence-electron chi connectivity index (χ3n) is 4.77. The molecule has 1 fully saturated rings. The number of alkyl halides is 2. The van der Waals surface area contributed by atoms with Crippen LogP contribution in [-0.4, -0.2) is 52.2 Å². The second kappa shape index (κ2) is 7.43. The van der Waals surface area contributed by atoms with E-state index in [-0.39, 0.29) is 0 Å². The van der Waals surface area contributed by atoms with Gasteiger partial charge in [-0.3, -0.25) is 14.3 Å². The second-order valence-corrected chi connectivity index (χ2v) is 6.59. The first-order chi connectivity index (χ1) is 13.1. The summed E-state index contributed by atoms with van der Waals surface area (Å²) in [6.45, 7) is 3.65. The van der Waals surface area contributed by atoms with Crippen LogP contribution in [0.1, 0.15) is 5.56 Å². The highest BCUT2D eigenvalue weighted by Crippen LogP contribution is 2.21. The molecule has 3 heterocycles. The van der Waals surface area contributed by atoms with Gasteiger partial charge in [-0.2, -0.15) is 0 Å². The lowest BCUT2D eigenvalue weighted by molar-refractivity contribution is 0.125. The van der Waals surface area contributed by atoms with Crippen LogP contribution in [-0.2, 0) is 13.1 Å². The van der Waals surface area contributed by atoms with Crippen molar-refractivity contribution in [2.24, 2.45) is 0 Å². The summed E-state index contributed by atoms with van der Waals surface area (Å²) in [5.74, 6) is 0. The molecule has 1 saturated heterocycles. The quantitative estimate of drug-likeness (QED) is 0.679. The molecule has 0 saturated carbocycles. The van der Waals surface area contributed by atoms with Crippen molar-refractivity contribution in [3.8, 4) is 0 Å². The third kappa shape index (κ3) is 3.82. The number of nitrogens with zero attached hydrogens (tertiary/aromatic N) is 5. The van der Waals surface area contributed by atoms with Gasteiger partial charge in [-0.1, -0.05) is 5.16 Å². The largest absolute Gasteiger partial charge is 0.369 e. The molecule has 0 spiro atoms. The maximum Gasteiger partial charge on any atom is 0.261 e. The maximum absolute atomic E-state index is 12.6. The second-order valence-electron chi connectivity index (χ2n) is 6.59. The van der Waals surface area contributed by atoms with Gasteiger partial charge in [0.2, 0.25) is 0 Å². The first kappa shape index (κ1) is 17.6. The first-order valence-corrected chi connectivity index (χ1v) is 8.73. The molecule has 142 valence electrons. The van der Waals surface area contributed by atoms with Crippen molar-refractivity contribution in [2.75, 3.05) is 31.1 Å². The Balaban J connectivity index is 1.47. The minimum absolute atomic E-state index is 0.355. The van der Waals surface area contributed by atoms with E-state index in [1.807, 2.05) is 12.1 Å². The number of anilines is 1. The molecule has 0 atom stereocenters. The monoisotopic (exact) mass is 375 g/mol. The Morgan fingerprint density at radius 1 is 1.19 bits per heavy atom. The minimum atomic E-state index is -2.59. The van der Waals surface area contributed by atoms with Crippen molar-refractivity contribution < 1.29 is 13.3 Å². The summed E-state index contributed by atoms with van der Waals surface area (Å²) in [6.07, 6.45) is 1.98. The molecular weight excluding hydrogens is 356 g/mol. The van der Waals surface area contributed by atoms with Gasteiger partial charge in [0, 0.05) is 44.0 Å². The highest BCUT2D eigenvalue weighted by atomic mass is 19.3. The molecule has 0 amide bonds. The lowest BCUT2D eigenvalue weighted by Crippen LogP contribution is -2.45. The van der Waals surface area contributed by atoms with Crippen molar-refractivity contribution in [1.82, 2.24) is 19.6 Å². The van der Waals surface area contributed by atoms with Gasteiger partial charge in [0.25, 0.3) is 12.0 Å². The van der Waals surface area contributed by atoms with Crippen LogP contribution in [0.5, 0.6) is 0 Å². The summed E-state index contributed by atoms with van der Waals surface area (Å²) in [6, 6.07) is 5.37. The standard InChI is InChI=1S/C18H19F2N5O2/c19-17(20)10-25-12-21-16-7-14(1-2-15(16)18(25)26)24-5-3-23(4-6-24)9-13-8-22-27-11-13/h1-2,7-8,11-12,17H,3-6,9-10H2. The summed E-state index contributed by atoms with van der Waals surface area (Å²) in [5.41, 5.74) is 2.12. The maximum atomic E-state index is 12.6. The van der Waals surface area contributed by atoms with Gasteiger partial charge in [-0.15, -0.1) is 0 Å². The Bertz CT molecular complexity index is 966. The predicted octanol–water partition coefficient (Wildman–Crippen LogP) is 1.97. The zero-order chi connectivity index (χ0) is 18.8. The molecule has 1 aromatic carbocycles. The summed E-state index contributed by atoms with van der Waals surface area (Å²) in [5, 5.41) is 4.07. The fourth-order valence-electron chi connectivity index (χ4n) is 3.35. The van der Waals surface area contributed by atoms with Crippen molar-refractivity contribution in [2.45, 2.75) is 19.5 Å². The summed E-state index contributed by atoms with van der Waals surface area (Å²) >= 11 is 0. The molecule has 4 rings (SSSR count). The number of hydrogen-bond acceptors (Lipinski definition) is 6. The molecule has 9 heteroatoms. The van der Waals surface area contributed by atoms with E-state index in [1.54, 1.807) is 18.5 Å². The number of fused-ring (bicyclic) bond motifs is 1. The highest BCUT2D eigenvalue weighted by Gasteiger charge is 2.19. The summed E-state index contributed by atoms with van der Waals surface area (Å²) in [7, 11) is 0. The van der Waals surface area contributed by atoms with Crippen LogP contribution in [0.2, 0.25) is 0 Å². The topological polar surface area (TPSA) is 67.4 Å². The lowest BCUT2D eigenvalue weighted by atomic mass is 10.2. The van der Waals surface area contributed by atoms with Crippen LogP contribution >= 0.6 is 0 Å². The SMILES string of the molecule is O=c1c2ccc(N3CCN(Cc4cnoc4)CC3)cc2ncn1CC(F)F. The zero-order valence-corrected chi connectivity index (χ0v) is 14.6. The number of benzene rings is 1. The molecule has 0 radical (unpaired) electrons. The molecule has 0 aliphatic carbocycles. The Kier molecular flexibility index (Phi) is 4.85. The van der Waals surface area contributed by atoms with E-state index in [2.05, 4.69) is 19.9 Å². The molecule has 0 N–H and O–H groups in total. The van der Waals surface area contributed by atoms with Crippen LogP contribution in [0.25, 0.3) is 10.9 Å². The Morgan fingerprint density at radius 3 is 2.70 bits per heavy atom. The Hall–Kier alpha value is -2.81. The number of halogens is 2. The van der Waals surface area contributed by atoms with Crippen LogP contribution in [0.4, 0.5) is 14.5 Å². The van der Waals surface area contributed by atoms with E-state index in [4.69, 9.17) is 4.52 Å². The van der Waals surface area contributed by atoms with Crippen LogP contribution in [0.3, 0.4) is 0 Å². The van der Waals surface area contributed by atoms with E-state index in [0.717, 1.165) is 48.5 Å². The number of hydrogen-bond donors (Lipinski definition) is 0. The van der Waals surface area contributed by atoms with E-state index in [0.29, 0.717) is 10.9 Å². The summed E-state index contributed by atoms with van der Waals surface area (Å²) in [4.78, 5) is 21.0. The van der Waals surface area contributed by atoms with Crippen LogP contribution in [0.15, 0.2) is 46.3 Å². The van der Waals surface area contributed by atoms with Gasteiger partial charge in [0.1, 0.15) is 6.26 Å². The van der Waals surface area contributed by atoms with Gasteiger partial charge in [-0.25, -0.2) is 13.8 Å². The smallest absolute Gasteiger partial charge is 0.261 e. The number of piperazine rings is 1. The molecule has 1 aliphatic heterocycles. The molecule has 7 nitrogen and oxygen atoms in total. The lowest BCUT2D eigenvalue weighted by Gasteiger charge is -2.35. The average molecular weight is 375 g/mol. The van der Waals surface area contributed by atoms with Gasteiger partial charge in [0.05, 0.1) is 30.0 Å². The van der Waals surface area contributed by atoms with Crippen LogP contribution < -0.4 is 10.5 Å². The predicted molar refractivity (Wildman–Crippen MR) is 96.0 cm³/mol. The van der Waals surface area contributed by atoms with Gasteiger partial charge < -0.3 is 9.42 Å². The first-order valence-electron chi connectivity index (χ1n) is 8.73. The summed E-state index contributed by atoms with van der Waals surface area (Å²) < 4.78 is 30.9.